The second-order valence-electron chi connectivity index (χ2n) is 4.72. The van der Waals surface area contributed by atoms with E-state index in [-0.39, 0.29) is 5.91 Å². The van der Waals surface area contributed by atoms with Crippen LogP contribution in [0.25, 0.3) is 0 Å². The van der Waals surface area contributed by atoms with Crippen LogP contribution in [0.15, 0.2) is 24.3 Å². The minimum Gasteiger partial charge on any atom is -0.324 e. The highest BCUT2D eigenvalue weighted by atomic mass is 16.2. The molecule has 3 heteroatoms. The Kier molecular flexibility index (Phi) is 3.70. The monoisotopic (exact) mass is 220 g/mol. The van der Waals surface area contributed by atoms with E-state index in [9.17, 15) is 4.79 Å². The van der Waals surface area contributed by atoms with Gasteiger partial charge in [-0.25, -0.2) is 0 Å². The highest BCUT2D eigenvalue weighted by molar-refractivity contribution is 5.97. The van der Waals surface area contributed by atoms with Crippen molar-refractivity contribution in [2.45, 2.75) is 26.3 Å². The highest BCUT2D eigenvalue weighted by Crippen LogP contribution is 2.17. The van der Waals surface area contributed by atoms with Crippen LogP contribution in [-0.2, 0) is 4.79 Å². The molecule has 1 amide bonds. The summed E-state index contributed by atoms with van der Waals surface area (Å²) in [6.45, 7) is 5.79. The fraction of sp³-hybridized carbons (Fsp3) is 0.462. The van der Waals surface area contributed by atoms with Gasteiger partial charge in [0.15, 0.2) is 0 Å². The predicted molar refractivity (Wildman–Crippen MR) is 67.6 cm³/mol. The van der Waals surface area contributed by atoms with Gasteiger partial charge in [-0.2, -0.15) is 0 Å². The molecule has 0 spiro atoms. The quantitative estimate of drug-likeness (QED) is 0.847. The second kappa shape index (κ2) is 4.66. The van der Waals surface area contributed by atoms with Crippen LogP contribution in [0.5, 0.6) is 0 Å². The Balaban J connectivity index is 2.84. The molecular formula is C13H20N2O. The number of para-hydroxylation sites is 1. The molecule has 3 nitrogen and oxygen atoms in total. The lowest BCUT2D eigenvalue weighted by atomic mass is 10.0. The van der Waals surface area contributed by atoms with Gasteiger partial charge in [-0.1, -0.05) is 18.2 Å². The molecule has 16 heavy (non-hydrogen) atoms. The van der Waals surface area contributed by atoms with Crippen LogP contribution < -0.4 is 5.32 Å². The molecule has 1 aromatic carbocycles. The lowest BCUT2D eigenvalue weighted by molar-refractivity contribution is -0.124. The maximum absolute atomic E-state index is 12.1. The second-order valence-corrected chi connectivity index (χ2v) is 4.72. The van der Waals surface area contributed by atoms with E-state index in [0.717, 1.165) is 11.3 Å². The summed E-state index contributed by atoms with van der Waals surface area (Å²) in [6, 6.07) is 7.78. The van der Waals surface area contributed by atoms with Gasteiger partial charge in [0.05, 0.1) is 5.54 Å². The van der Waals surface area contributed by atoms with Gasteiger partial charge in [0.25, 0.3) is 0 Å². The average Bonchev–Trinajstić information content (AvgIpc) is 2.21. The third-order valence-corrected chi connectivity index (χ3v) is 3.07. The van der Waals surface area contributed by atoms with Gasteiger partial charge in [0.1, 0.15) is 0 Å². The number of amides is 1. The molecule has 0 fully saturated rings. The van der Waals surface area contributed by atoms with Crippen molar-refractivity contribution in [2.24, 2.45) is 0 Å². The van der Waals surface area contributed by atoms with Gasteiger partial charge in [-0.15, -0.1) is 0 Å². The molecule has 0 saturated heterocycles. The van der Waals surface area contributed by atoms with Crippen LogP contribution in [0.1, 0.15) is 19.4 Å². The van der Waals surface area contributed by atoms with Crippen LogP contribution in [-0.4, -0.2) is 30.4 Å². The minimum absolute atomic E-state index is 0.00630. The number of rotatable bonds is 3. The summed E-state index contributed by atoms with van der Waals surface area (Å²) in [5.41, 5.74) is 1.44. The number of likely N-dealkylation sites (N-methyl/N-ethyl adjacent to an activating group) is 1. The molecule has 0 bridgehead atoms. The SMILES string of the molecule is Cc1ccccc1NC(=O)C(C)(C)N(C)C. The number of nitrogens with one attached hydrogen (secondary N) is 1. The summed E-state index contributed by atoms with van der Waals surface area (Å²) >= 11 is 0. The van der Waals surface area contributed by atoms with E-state index in [1.807, 2.05) is 64.0 Å². The summed E-state index contributed by atoms with van der Waals surface area (Å²) in [5.74, 6) is 0.00630. The highest BCUT2D eigenvalue weighted by Gasteiger charge is 2.29. The first kappa shape index (κ1) is 12.7. The van der Waals surface area contributed by atoms with Crippen molar-refractivity contribution in [2.75, 3.05) is 19.4 Å². The van der Waals surface area contributed by atoms with Crippen molar-refractivity contribution in [1.82, 2.24) is 4.90 Å². The molecule has 1 N–H and O–H groups in total. The molecule has 0 radical (unpaired) electrons. The van der Waals surface area contributed by atoms with Crippen molar-refractivity contribution in [3.8, 4) is 0 Å². The summed E-state index contributed by atoms with van der Waals surface area (Å²) in [6.07, 6.45) is 0. The smallest absolute Gasteiger partial charge is 0.244 e. The number of anilines is 1. The Hall–Kier alpha value is -1.35. The Morgan fingerprint density at radius 1 is 1.25 bits per heavy atom. The Morgan fingerprint density at radius 3 is 2.31 bits per heavy atom. The molecule has 0 atom stereocenters. The van der Waals surface area contributed by atoms with Gasteiger partial charge >= 0.3 is 0 Å². The standard InChI is InChI=1S/C13H20N2O/c1-10-8-6-7-9-11(10)14-12(16)13(2,3)15(4)5/h6-9H,1-5H3,(H,14,16). The normalized spacial score (nSPS) is 11.6. The van der Waals surface area contributed by atoms with Gasteiger partial charge < -0.3 is 5.32 Å². The zero-order valence-electron chi connectivity index (χ0n) is 10.7. The molecule has 88 valence electrons. The van der Waals surface area contributed by atoms with Crippen LogP contribution in [0.2, 0.25) is 0 Å². The van der Waals surface area contributed by atoms with Gasteiger partial charge in [0.2, 0.25) is 5.91 Å². The number of nitrogens with zero attached hydrogens (tertiary/aromatic N) is 1. The molecule has 0 aromatic heterocycles. The molecule has 1 rings (SSSR count). The molecule has 0 aliphatic rings. The third-order valence-electron chi connectivity index (χ3n) is 3.07. The van der Waals surface area contributed by atoms with Crippen molar-refractivity contribution < 1.29 is 4.79 Å². The first-order valence-electron chi connectivity index (χ1n) is 5.40. The van der Waals surface area contributed by atoms with Gasteiger partial charge in [-0.05, 0) is 46.5 Å². The Morgan fingerprint density at radius 2 is 1.81 bits per heavy atom. The van der Waals surface area contributed by atoms with E-state index in [1.54, 1.807) is 0 Å². The van der Waals surface area contributed by atoms with Crippen LogP contribution in [0.4, 0.5) is 5.69 Å². The number of carbonyl (C=O) groups excluding carboxylic acids is 1. The minimum atomic E-state index is -0.512. The fourth-order valence-corrected chi connectivity index (χ4v) is 1.19. The van der Waals surface area contributed by atoms with Gasteiger partial charge in [-0.3, -0.25) is 9.69 Å². The maximum Gasteiger partial charge on any atom is 0.244 e. The van der Waals surface area contributed by atoms with E-state index < -0.39 is 5.54 Å². The lowest BCUT2D eigenvalue weighted by Gasteiger charge is -2.31. The molecule has 0 saturated carbocycles. The first-order valence-corrected chi connectivity index (χ1v) is 5.40. The summed E-state index contributed by atoms with van der Waals surface area (Å²) < 4.78 is 0. The van der Waals surface area contributed by atoms with E-state index >= 15 is 0 Å². The van der Waals surface area contributed by atoms with E-state index in [0.29, 0.717) is 0 Å². The van der Waals surface area contributed by atoms with Crippen LogP contribution in [0, 0.1) is 6.92 Å². The molecule has 0 unspecified atom stereocenters. The molecule has 0 aliphatic heterocycles. The lowest BCUT2D eigenvalue weighted by Crippen LogP contribution is -2.48. The van der Waals surface area contributed by atoms with Crippen molar-refractivity contribution >= 4 is 11.6 Å². The fourth-order valence-electron chi connectivity index (χ4n) is 1.19. The molecule has 1 aromatic rings. The van der Waals surface area contributed by atoms with Crippen molar-refractivity contribution in [3.05, 3.63) is 29.8 Å². The first-order chi connectivity index (χ1) is 7.35. The zero-order chi connectivity index (χ0) is 12.3. The predicted octanol–water partition coefficient (Wildman–Crippen LogP) is 2.27. The largest absolute Gasteiger partial charge is 0.324 e. The van der Waals surface area contributed by atoms with E-state index in [2.05, 4.69) is 5.32 Å². The zero-order valence-corrected chi connectivity index (χ0v) is 10.7. The topological polar surface area (TPSA) is 32.3 Å². The average molecular weight is 220 g/mol. The summed E-state index contributed by atoms with van der Waals surface area (Å²) in [5, 5.41) is 2.95. The number of aryl methyl sites for hydroxylation is 1. The molecule has 0 aliphatic carbocycles. The number of hydrogen-bond donors (Lipinski definition) is 1. The number of carbonyl (C=O) groups is 1. The maximum atomic E-state index is 12.1. The summed E-state index contributed by atoms with van der Waals surface area (Å²) in [7, 11) is 3.80. The molecular weight excluding hydrogens is 200 g/mol. The Labute approximate surface area is 97.5 Å². The summed E-state index contributed by atoms with van der Waals surface area (Å²) in [4.78, 5) is 14.0. The Bertz CT molecular complexity index is 383. The molecule has 0 heterocycles. The van der Waals surface area contributed by atoms with Crippen LogP contribution in [0.3, 0.4) is 0 Å². The number of hydrogen-bond acceptors (Lipinski definition) is 2. The van der Waals surface area contributed by atoms with E-state index in [4.69, 9.17) is 0 Å². The van der Waals surface area contributed by atoms with Crippen LogP contribution >= 0.6 is 0 Å². The van der Waals surface area contributed by atoms with Gasteiger partial charge in [0, 0.05) is 5.69 Å². The third kappa shape index (κ3) is 2.61. The van der Waals surface area contributed by atoms with Crippen molar-refractivity contribution in [1.29, 1.82) is 0 Å². The van der Waals surface area contributed by atoms with Crippen molar-refractivity contribution in [3.63, 3.8) is 0 Å². The number of benzene rings is 1. The van der Waals surface area contributed by atoms with E-state index in [1.165, 1.54) is 0 Å².